The van der Waals surface area contributed by atoms with Gasteiger partial charge in [0, 0.05) is 23.2 Å². The molecule has 2 rings (SSSR count). The predicted molar refractivity (Wildman–Crippen MR) is 56.2 cm³/mol. The molecule has 1 aliphatic rings. The van der Waals surface area contributed by atoms with E-state index >= 15 is 0 Å². The third-order valence-corrected chi connectivity index (χ3v) is 2.60. The molecule has 0 radical (unpaired) electrons. The lowest BCUT2D eigenvalue weighted by Gasteiger charge is -2.11. The second-order valence-electron chi connectivity index (χ2n) is 3.42. The van der Waals surface area contributed by atoms with Crippen molar-refractivity contribution >= 4 is 23.2 Å². The molecule has 1 heterocycles. The number of halogens is 1. The van der Waals surface area contributed by atoms with E-state index < -0.39 is 0 Å². The predicted octanol–water partition coefficient (Wildman–Crippen LogP) is 2.07. The summed E-state index contributed by atoms with van der Waals surface area (Å²) in [5, 5.41) is 3.45. The number of nitrogens with two attached hydrogens (primary N) is 1. The summed E-state index contributed by atoms with van der Waals surface area (Å²) in [4.78, 5) is 11.3. The molecule has 0 aromatic heterocycles. The maximum Gasteiger partial charge on any atom is 0.224 e. The normalized spacial score (nSPS) is 21.0. The molecule has 0 saturated carbocycles. The highest BCUT2D eigenvalue weighted by molar-refractivity contribution is 6.30. The Morgan fingerprint density at radius 3 is 3.07 bits per heavy atom. The maximum absolute atomic E-state index is 11.3. The average Bonchev–Trinajstić information content (AvgIpc) is 2.29. The van der Waals surface area contributed by atoms with Crippen LogP contribution in [-0.4, -0.2) is 5.91 Å². The van der Waals surface area contributed by atoms with Gasteiger partial charge in [-0.3, -0.25) is 4.79 Å². The van der Waals surface area contributed by atoms with E-state index in [-0.39, 0.29) is 11.9 Å². The first kappa shape index (κ1) is 9.49. The second kappa shape index (κ2) is 3.59. The van der Waals surface area contributed by atoms with Gasteiger partial charge in [0.05, 0.1) is 0 Å². The smallest absolute Gasteiger partial charge is 0.224 e. The summed E-state index contributed by atoms with van der Waals surface area (Å²) in [6.45, 7) is 0. The molecule has 3 N–H and O–H groups in total. The van der Waals surface area contributed by atoms with Crippen LogP contribution in [0.15, 0.2) is 18.2 Å². The van der Waals surface area contributed by atoms with Gasteiger partial charge in [0.25, 0.3) is 0 Å². The van der Waals surface area contributed by atoms with Crippen LogP contribution in [0, 0.1) is 0 Å². The van der Waals surface area contributed by atoms with Gasteiger partial charge in [-0.1, -0.05) is 11.6 Å². The fourth-order valence-corrected chi connectivity index (χ4v) is 1.79. The van der Waals surface area contributed by atoms with Crippen LogP contribution in [-0.2, 0) is 4.79 Å². The molecule has 0 saturated heterocycles. The summed E-state index contributed by atoms with van der Waals surface area (Å²) in [7, 11) is 0. The number of anilines is 1. The zero-order valence-electron chi connectivity index (χ0n) is 7.59. The first-order valence-electron chi connectivity index (χ1n) is 4.51. The third kappa shape index (κ3) is 1.74. The van der Waals surface area contributed by atoms with E-state index in [0.29, 0.717) is 17.9 Å². The summed E-state index contributed by atoms with van der Waals surface area (Å²) in [5.74, 6) is 0.0153. The van der Waals surface area contributed by atoms with Crippen LogP contribution < -0.4 is 11.1 Å². The van der Waals surface area contributed by atoms with Crippen molar-refractivity contribution < 1.29 is 4.79 Å². The molecule has 1 aliphatic heterocycles. The van der Waals surface area contributed by atoms with E-state index in [1.807, 2.05) is 6.07 Å². The molecule has 0 bridgehead atoms. The maximum atomic E-state index is 11.3. The first-order chi connectivity index (χ1) is 6.66. The van der Waals surface area contributed by atoms with Crippen LogP contribution in [0.4, 0.5) is 5.69 Å². The van der Waals surface area contributed by atoms with Crippen LogP contribution in [0.3, 0.4) is 0 Å². The molecule has 14 heavy (non-hydrogen) atoms. The van der Waals surface area contributed by atoms with Crippen molar-refractivity contribution in [3.63, 3.8) is 0 Å². The van der Waals surface area contributed by atoms with Crippen molar-refractivity contribution in [2.45, 2.75) is 18.9 Å². The topological polar surface area (TPSA) is 55.1 Å². The zero-order valence-corrected chi connectivity index (χ0v) is 8.34. The minimum absolute atomic E-state index is 0.0153. The molecule has 4 heteroatoms. The van der Waals surface area contributed by atoms with Crippen molar-refractivity contribution in [3.8, 4) is 0 Å². The summed E-state index contributed by atoms with van der Waals surface area (Å²) < 4.78 is 0. The van der Waals surface area contributed by atoms with Gasteiger partial charge in [0.2, 0.25) is 5.91 Å². The lowest BCUT2D eigenvalue weighted by molar-refractivity contribution is -0.116. The fraction of sp³-hybridized carbons (Fsp3) is 0.300. The van der Waals surface area contributed by atoms with E-state index in [2.05, 4.69) is 5.32 Å². The highest BCUT2D eigenvalue weighted by Crippen LogP contribution is 2.30. The van der Waals surface area contributed by atoms with Gasteiger partial charge in [-0.2, -0.15) is 0 Å². The molecule has 1 atom stereocenters. The molecular weight excluding hydrogens is 200 g/mol. The molecule has 0 spiro atoms. The molecule has 1 aromatic rings. The number of amides is 1. The Morgan fingerprint density at radius 1 is 1.50 bits per heavy atom. The van der Waals surface area contributed by atoms with E-state index in [0.717, 1.165) is 11.3 Å². The highest BCUT2D eigenvalue weighted by Gasteiger charge is 2.18. The Balaban J connectivity index is 2.46. The molecule has 3 nitrogen and oxygen atoms in total. The third-order valence-electron chi connectivity index (χ3n) is 2.37. The Labute approximate surface area is 87.2 Å². The van der Waals surface area contributed by atoms with Crippen molar-refractivity contribution in [2.24, 2.45) is 5.73 Å². The second-order valence-corrected chi connectivity index (χ2v) is 3.86. The number of carbonyl (C=O) groups is 1. The van der Waals surface area contributed by atoms with E-state index in [1.165, 1.54) is 0 Å². The minimum Gasteiger partial charge on any atom is -0.326 e. The summed E-state index contributed by atoms with van der Waals surface area (Å²) in [5.41, 5.74) is 7.63. The quantitative estimate of drug-likeness (QED) is 0.689. The zero-order chi connectivity index (χ0) is 10.1. The van der Waals surface area contributed by atoms with Crippen LogP contribution in [0.5, 0.6) is 0 Å². The number of benzene rings is 1. The molecule has 0 fully saturated rings. The van der Waals surface area contributed by atoms with Gasteiger partial charge in [-0.05, 0) is 30.2 Å². The summed E-state index contributed by atoms with van der Waals surface area (Å²) in [6, 6.07) is 5.25. The number of hydrogen-bond donors (Lipinski definition) is 2. The first-order valence-corrected chi connectivity index (χ1v) is 4.89. The van der Waals surface area contributed by atoms with E-state index in [4.69, 9.17) is 17.3 Å². The van der Waals surface area contributed by atoms with Crippen molar-refractivity contribution in [3.05, 3.63) is 28.8 Å². The summed E-state index contributed by atoms with van der Waals surface area (Å²) >= 11 is 5.86. The van der Waals surface area contributed by atoms with Gasteiger partial charge in [-0.25, -0.2) is 0 Å². The molecule has 0 aliphatic carbocycles. The highest BCUT2D eigenvalue weighted by atomic mass is 35.5. The van der Waals surface area contributed by atoms with Crippen molar-refractivity contribution in [2.75, 3.05) is 5.32 Å². The Bertz CT molecular complexity index is 378. The minimum atomic E-state index is -0.109. The number of hydrogen-bond acceptors (Lipinski definition) is 2. The Morgan fingerprint density at radius 2 is 2.29 bits per heavy atom. The van der Waals surface area contributed by atoms with E-state index in [1.54, 1.807) is 12.1 Å². The van der Waals surface area contributed by atoms with Crippen LogP contribution in [0.25, 0.3) is 0 Å². The molecular formula is C10H11ClN2O. The van der Waals surface area contributed by atoms with Gasteiger partial charge in [-0.15, -0.1) is 0 Å². The van der Waals surface area contributed by atoms with Crippen molar-refractivity contribution in [1.82, 2.24) is 0 Å². The van der Waals surface area contributed by atoms with Gasteiger partial charge in [0.15, 0.2) is 0 Å². The fourth-order valence-electron chi connectivity index (χ4n) is 1.61. The number of rotatable bonds is 0. The standard InChI is InChI=1S/C10H11ClN2O/c11-6-1-3-9-7(5-6)8(12)2-4-10(14)13-9/h1,3,5,8H,2,4,12H2,(H,13,14). The number of nitrogens with one attached hydrogen (secondary N) is 1. The van der Waals surface area contributed by atoms with Gasteiger partial charge >= 0.3 is 0 Å². The average molecular weight is 211 g/mol. The lowest BCUT2D eigenvalue weighted by Crippen LogP contribution is -2.09. The molecule has 1 aromatic carbocycles. The largest absolute Gasteiger partial charge is 0.326 e. The number of fused-ring (bicyclic) bond motifs is 1. The SMILES string of the molecule is NC1CCC(=O)Nc2ccc(Cl)cc21. The van der Waals surface area contributed by atoms with Gasteiger partial charge < -0.3 is 11.1 Å². The van der Waals surface area contributed by atoms with E-state index in [9.17, 15) is 4.79 Å². The van der Waals surface area contributed by atoms with Crippen molar-refractivity contribution in [1.29, 1.82) is 0 Å². The monoisotopic (exact) mass is 210 g/mol. The molecule has 1 unspecified atom stereocenters. The van der Waals surface area contributed by atoms with Crippen LogP contribution in [0.1, 0.15) is 24.4 Å². The number of carbonyl (C=O) groups excluding carboxylic acids is 1. The molecule has 1 amide bonds. The van der Waals surface area contributed by atoms with Gasteiger partial charge in [0.1, 0.15) is 0 Å². The Kier molecular flexibility index (Phi) is 2.44. The Hall–Kier alpha value is -1.06. The summed E-state index contributed by atoms with van der Waals surface area (Å²) in [6.07, 6.45) is 1.13. The van der Waals surface area contributed by atoms with Crippen LogP contribution in [0.2, 0.25) is 5.02 Å². The molecule has 74 valence electrons. The van der Waals surface area contributed by atoms with Crippen LogP contribution >= 0.6 is 11.6 Å². The lowest BCUT2D eigenvalue weighted by atomic mass is 10.0.